The van der Waals surface area contributed by atoms with E-state index < -0.39 is 0 Å². The molecule has 0 aromatic rings. The molecule has 0 bridgehead atoms. The highest BCUT2D eigenvalue weighted by Gasteiger charge is 2.14. The molecule has 1 saturated heterocycles. The van der Waals surface area contributed by atoms with Crippen molar-refractivity contribution in [1.82, 2.24) is 10.2 Å². The van der Waals surface area contributed by atoms with Crippen LogP contribution in [0.15, 0.2) is 0 Å². The maximum Gasteiger partial charge on any atom is 0.0662 e. The van der Waals surface area contributed by atoms with E-state index in [2.05, 4.69) is 29.9 Å². The highest BCUT2D eigenvalue weighted by Crippen LogP contribution is 2.02. The third-order valence-corrected chi connectivity index (χ3v) is 1.77. The van der Waals surface area contributed by atoms with Gasteiger partial charge in [0, 0.05) is 13.2 Å². The molecule has 0 aliphatic carbocycles. The fourth-order valence-electron chi connectivity index (χ4n) is 0.631. The van der Waals surface area contributed by atoms with Gasteiger partial charge >= 0.3 is 0 Å². The van der Waals surface area contributed by atoms with Gasteiger partial charge in [-0.1, -0.05) is 0 Å². The molecule has 0 amide bonds. The molecule has 1 rings (SSSR count). The predicted molar refractivity (Wildman–Crippen MR) is 33.4 cm³/mol. The summed E-state index contributed by atoms with van der Waals surface area (Å²) in [5, 5.41) is 3.60. The first-order valence-electron chi connectivity index (χ1n) is 2.40. The van der Waals surface area contributed by atoms with Crippen LogP contribution in [-0.4, -0.2) is 30.5 Å². The van der Waals surface area contributed by atoms with Crippen molar-refractivity contribution in [3.8, 4) is 0 Å². The van der Waals surface area contributed by atoms with Gasteiger partial charge in [0.05, 0.1) is 5.37 Å². The second-order valence-corrected chi connectivity index (χ2v) is 2.45. The first-order valence-corrected chi connectivity index (χ1v) is 2.91. The second kappa shape index (κ2) is 2.03. The summed E-state index contributed by atoms with van der Waals surface area (Å²) in [6, 6.07) is 0. The predicted octanol–water partition coefficient (Wildman–Crippen LogP) is -0.265. The minimum Gasteiger partial charge on any atom is -0.302 e. The van der Waals surface area contributed by atoms with Gasteiger partial charge < -0.3 is 5.32 Å². The summed E-state index contributed by atoms with van der Waals surface area (Å²) in [4.78, 5) is 2.16. The lowest BCUT2D eigenvalue weighted by molar-refractivity contribution is 0.391. The Bertz CT molecular complexity index is 58.7. The van der Waals surface area contributed by atoms with Crippen molar-refractivity contribution >= 4 is 12.6 Å². The van der Waals surface area contributed by atoms with E-state index in [0.29, 0.717) is 5.37 Å². The fraction of sp³-hybridized carbons (Fsp3) is 1.00. The van der Waals surface area contributed by atoms with Gasteiger partial charge in [-0.25, -0.2) is 0 Å². The van der Waals surface area contributed by atoms with Crippen LogP contribution < -0.4 is 5.32 Å². The Labute approximate surface area is 49.3 Å². The Morgan fingerprint density at radius 3 is 2.71 bits per heavy atom. The molecule has 2 nitrogen and oxygen atoms in total. The standard InChI is InChI=1S/C4H10N2S/c1-6-3-5-2-4(6)7/h4-5,7H,2-3H2,1H3. The van der Waals surface area contributed by atoms with Gasteiger partial charge in [0.1, 0.15) is 0 Å². The first-order chi connectivity index (χ1) is 3.30. The van der Waals surface area contributed by atoms with E-state index in [1.54, 1.807) is 0 Å². The van der Waals surface area contributed by atoms with Crippen LogP contribution in [0.4, 0.5) is 0 Å². The van der Waals surface area contributed by atoms with Crippen molar-refractivity contribution in [2.24, 2.45) is 0 Å². The SMILES string of the molecule is CN1CNCC1S. The lowest BCUT2D eigenvalue weighted by Crippen LogP contribution is -2.20. The zero-order valence-electron chi connectivity index (χ0n) is 4.39. The van der Waals surface area contributed by atoms with Crippen LogP contribution in [0.2, 0.25) is 0 Å². The third kappa shape index (κ3) is 1.08. The number of thiol groups is 1. The molecule has 1 aliphatic rings. The van der Waals surface area contributed by atoms with Crippen LogP contribution in [0.5, 0.6) is 0 Å². The lowest BCUT2D eigenvalue weighted by atomic mass is 10.6. The van der Waals surface area contributed by atoms with Gasteiger partial charge in [0.2, 0.25) is 0 Å². The molecule has 7 heavy (non-hydrogen) atoms. The smallest absolute Gasteiger partial charge is 0.0662 e. The summed E-state index contributed by atoms with van der Waals surface area (Å²) in [6.45, 7) is 1.99. The van der Waals surface area contributed by atoms with Crippen molar-refractivity contribution in [2.75, 3.05) is 20.3 Å². The number of hydrogen-bond donors (Lipinski definition) is 2. The summed E-state index contributed by atoms with van der Waals surface area (Å²) < 4.78 is 0. The number of likely N-dealkylation sites (N-methyl/N-ethyl adjacent to an activating group) is 1. The highest BCUT2D eigenvalue weighted by atomic mass is 32.1. The summed E-state index contributed by atoms with van der Waals surface area (Å²) in [6.07, 6.45) is 0. The van der Waals surface area contributed by atoms with Crippen molar-refractivity contribution in [1.29, 1.82) is 0 Å². The third-order valence-electron chi connectivity index (χ3n) is 1.20. The summed E-state index contributed by atoms with van der Waals surface area (Å²) in [5.41, 5.74) is 0. The van der Waals surface area contributed by atoms with Gasteiger partial charge in [-0.05, 0) is 7.05 Å². The molecular formula is C4H10N2S. The van der Waals surface area contributed by atoms with Gasteiger partial charge in [-0.15, -0.1) is 0 Å². The van der Waals surface area contributed by atoms with Crippen LogP contribution in [-0.2, 0) is 0 Å². The van der Waals surface area contributed by atoms with Gasteiger partial charge in [-0.2, -0.15) is 12.6 Å². The average Bonchev–Trinajstić information content (AvgIpc) is 1.91. The molecule has 1 atom stereocenters. The molecule has 1 unspecified atom stereocenters. The van der Waals surface area contributed by atoms with Crippen LogP contribution in [0.3, 0.4) is 0 Å². The molecule has 0 radical (unpaired) electrons. The molecular weight excluding hydrogens is 108 g/mol. The highest BCUT2D eigenvalue weighted by molar-refractivity contribution is 7.80. The Morgan fingerprint density at radius 2 is 2.57 bits per heavy atom. The number of nitrogens with one attached hydrogen (secondary N) is 1. The van der Waals surface area contributed by atoms with E-state index >= 15 is 0 Å². The maximum absolute atomic E-state index is 4.25. The van der Waals surface area contributed by atoms with Crippen LogP contribution >= 0.6 is 12.6 Å². The summed E-state index contributed by atoms with van der Waals surface area (Å²) >= 11 is 4.25. The Morgan fingerprint density at radius 1 is 1.86 bits per heavy atom. The quantitative estimate of drug-likeness (QED) is 0.426. The summed E-state index contributed by atoms with van der Waals surface area (Å²) in [5.74, 6) is 0. The minimum atomic E-state index is 0.431. The number of hydrogen-bond acceptors (Lipinski definition) is 3. The van der Waals surface area contributed by atoms with Crippen LogP contribution in [0.1, 0.15) is 0 Å². The average molecular weight is 118 g/mol. The molecule has 0 spiro atoms. The van der Waals surface area contributed by atoms with E-state index in [4.69, 9.17) is 0 Å². The molecule has 0 saturated carbocycles. The molecule has 42 valence electrons. The number of rotatable bonds is 0. The molecule has 1 heterocycles. The fourth-order valence-corrected chi connectivity index (χ4v) is 0.842. The Balaban J connectivity index is 2.33. The van der Waals surface area contributed by atoms with E-state index in [1.807, 2.05) is 0 Å². The zero-order valence-corrected chi connectivity index (χ0v) is 5.28. The second-order valence-electron chi connectivity index (χ2n) is 1.85. The monoisotopic (exact) mass is 118 g/mol. The van der Waals surface area contributed by atoms with Gasteiger partial charge in [0.15, 0.2) is 0 Å². The maximum atomic E-state index is 4.25. The van der Waals surface area contributed by atoms with Crippen molar-refractivity contribution in [3.05, 3.63) is 0 Å². The largest absolute Gasteiger partial charge is 0.302 e. The first kappa shape index (κ1) is 5.41. The van der Waals surface area contributed by atoms with Crippen molar-refractivity contribution in [2.45, 2.75) is 5.37 Å². The molecule has 1 aliphatic heterocycles. The lowest BCUT2D eigenvalue weighted by Gasteiger charge is -2.09. The topological polar surface area (TPSA) is 15.3 Å². The van der Waals surface area contributed by atoms with E-state index in [-0.39, 0.29) is 0 Å². The van der Waals surface area contributed by atoms with Crippen LogP contribution in [0, 0.1) is 0 Å². The minimum absolute atomic E-state index is 0.431. The Kier molecular flexibility index (Phi) is 1.57. The molecule has 3 heteroatoms. The summed E-state index contributed by atoms with van der Waals surface area (Å²) in [7, 11) is 2.05. The van der Waals surface area contributed by atoms with Crippen molar-refractivity contribution < 1.29 is 0 Å². The number of nitrogens with zero attached hydrogens (tertiary/aromatic N) is 1. The van der Waals surface area contributed by atoms with Crippen molar-refractivity contribution in [3.63, 3.8) is 0 Å². The zero-order chi connectivity index (χ0) is 5.28. The normalized spacial score (nSPS) is 34.3. The van der Waals surface area contributed by atoms with Gasteiger partial charge in [0.25, 0.3) is 0 Å². The molecule has 1 N–H and O–H groups in total. The van der Waals surface area contributed by atoms with Crippen LogP contribution in [0.25, 0.3) is 0 Å². The van der Waals surface area contributed by atoms with E-state index in [1.165, 1.54) is 0 Å². The Hall–Kier alpha value is 0.270. The van der Waals surface area contributed by atoms with E-state index in [0.717, 1.165) is 13.2 Å². The van der Waals surface area contributed by atoms with E-state index in [9.17, 15) is 0 Å². The molecule has 0 aromatic heterocycles. The molecule has 1 fully saturated rings. The molecule has 0 aromatic carbocycles. The van der Waals surface area contributed by atoms with Gasteiger partial charge in [-0.3, -0.25) is 4.90 Å².